The van der Waals surface area contributed by atoms with Gasteiger partial charge in [-0.3, -0.25) is 0 Å². The van der Waals surface area contributed by atoms with Crippen LogP contribution in [0.1, 0.15) is 26.2 Å². The van der Waals surface area contributed by atoms with Gasteiger partial charge in [-0.25, -0.2) is 0 Å². The third kappa shape index (κ3) is 2.48. The van der Waals surface area contributed by atoms with Crippen LogP contribution in [-0.4, -0.2) is 12.4 Å². The predicted molar refractivity (Wildman–Crippen MR) is 62.1 cm³/mol. The van der Waals surface area contributed by atoms with Gasteiger partial charge in [0.1, 0.15) is 5.76 Å². The Hall–Kier alpha value is -1.64. The van der Waals surface area contributed by atoms with E-state index in [1.807, 2.05) is 19.1 Å². The monoisotopic (exact) mass is 214 g/mol. The summed E-state index contributed by atoms with van der Waals surface area (Å²) in [6.45, 7) is 2.77. The lowest BCUT2D eigenvalue weighted by Crippen LogP contribution is -2.24. The van der Waals surface area contributed by atoms with E-state index in [9.17, 15) is 0 Å². The minimum atomic E-state index is -0.497. The molecule has 0 amide bonds. The Balaban J connectivity index is 1.95. The molecule has 1 atom stereocenters. The lowest BCUT2D eigenvalue weighted by Gasteiger charge is -2.20. The van der Waals surface area contributed by atoms with Crippen molar-refractivity contribution in [1.29, 1.82) is 0 Å². The van der Waals surface area contributed by atoms with Crippen molar-refractivity contribution in [1.82, 2.24) is 0 Å². The van der Waals surface area contributed by atoms with Gasteiger partial charge in [-0.15, -0.1) is 0 Å². The minimum absolute atomic E-state index is 0.497. The summed E-state index contributed by atoms with van der Waals surface area (Å²) in [6.07, 6.45) is 8.41. The van der Waals surface area contributed by atoms with Crippen LogP contribution in [0.3, 0.4) is 0 Å². The summed E-state index contributed by atoms with van der Waals surface area (Å²) in [7, 11) is 0. The number of allylic oxidation sites excluding steroid dienone is 2. The Bertz CT molecular complexity index is 429. The largest absolute Gasteiger partial charge is 0.458 e. The van der Waals surface area contributed by atoms with Crippen LogP contribution in [0.15, 0.2) is 24.0 Å². The fourth-order valence-electron chi connectivity index (χ4n) is 1.68. The van der Waals surface area contributed by atoms with Crippen LogP contribution in [0.5, 0.6) is 0 Å². The summed E-state index contributed by atoms with van der Waals surface area (Å²) in [4.78, 5) is 0. The first-order valence-electron chi connectivity index (χ1n) is 5.55. The first-order chi connectivity index (χ1) is 7.85. The first-order valence-corrected chi connectivity index (χ1v) is 5.55. The molecule has 0 aromatic heterocycles. The molecule has 1 saturated heterocycles. The van der Waals surface area contributed by atoms with Gasteiger partial charge in [-0.1, -0.05) is 18.8 Å². The fourth-order valence-corrected chi connectivity index (χ4v) is 1.68. The Morgan fingerprint density at radius 2 is 2.44 bits per heavy atom. The lowest BCUT2D eigenvalue weighted by atomic mass is 10.2. The van der Waals surface area contributed by atoms with Crippen molar-refractivity contribution < 1.29 is 9.47 Å². The molecule has 0 aromatic rings. The summed E-state index contributed by atoms with van der Waals surface area (Å²) in [5.74, 6) is 11.5. The number of ether oxygens (including phenoxy) is 2. The summed E-state index contributed by atoms with van der Waals surface area (Å²) in [5, 5.41) is 0. The van der Waals surface area contributed by atoms with Crippen LogP contribution in [0.25, 0.3) is 0 Å². The van der Waals surface area contributed by atoms with Gasteiger partial charge in [-0.2, -0.15) is 0 Å². The fraction of sp³-hybridized carbons (Fsp3) is 0.429. The molecule has 0 aromatic carbocycles. The highest BCUT2D eigenvalue weighted by Gasteiger charge is 2.38. The van der Waals surface area contributed by atoms with Crippen molar-refractivity contribution in [2.75, 3.05) is 6.61 Å². The van der Waals surface area contributed by atoms with Gasteiger partial charge in [0.2, 0.25) is 5.79 Å². The van der Waals surface area contributed by atoms with Crippen molar-refractivity contribution in [3.05, 3.63) is 24.0 Å². The van der Waals surface area contributed by atoms with Gasteiger partial charge in [0.25, 0.3) is 0 Å². The third-order valence-electron chi connectivity index (χ3n) is 2.42. The molecule has 1 fully saturated rings. The molecule has 0 bridgehead atoms. The molecule has 2 aliphatic heterocycles. The standard InChI is InChI=1S/C14H14O2/c1-2-3-4-5-6-8-13-9-11-14(16-13)10-7-12-15-14/h8-9,11H,2,7,10,12H2,1H3/b13-8+. The summed E-state index contributed by atoms with van der Waals surface area (Å²) >= 11 is 0. The van der Waals surface area contributed by atoms with E-state index in [1.165, 1.54) is 0 Å². The van der Waals surface area contributed by atoms with Crippen LogP contribution < -0.4 is 0 Å². The maximum absolute atomic E-state index is 5.69. The lowest BCUT2D eigenvalue weighted by molar-refractivity contribution is -0.135. The highest BCUT2D eigenvalue weighted by Crippen LogP contribution is 2.35. The van der Waals surface area contributed by atoms with Gasteiger partial charge in [0.05, 0.1) is 6.61 Å². The molecule has 82 valence electrons. The molecule has 1 unspecified atom stereocenters. The van der Waals surface area contributed by atoms with E-state index < -0.39 is 5.79 Å². The molecule has 2 nitrogen and oxygen atoms in total. The average Bonchev–Trinajstić information content (AvgIpc) is 2.90. The molecule has 2 aliphatic rings. The maximum atomic E-state index is 5.69. The zero-order valence-corrected chi connectivity index (χ0v) is 9.38. The topological polar surface area (TPSA) is 18.5 Å². The SMILES string of the molecule is CCC#CC#C/C=C1\C=CC2(CCCO2)O1. The van der Waals surface area contributed by atoms with E-state index in [-0.39, 0.29) is 0 Å². The highest BCUT2D eigenvalue weighted by molar-refractivity contribution is 5.35. The molecule has 1 spiro atoms. The third-order valence-corrected chi connectivity index (χ3v) is 2.42. The molecule has 16 heavy (non-hydrogen) atoms. The van der Waals surface area contributed by atoms with Crippen molar-refractivity contribution in [3.8, 4) is 23.7 Å². The molecular formula is C14H14O2. The van der Waals surface area contributed by atoms with Crippen LogP contribution >= 0.6 is 0 Å². The van der Waals surface area contributed by atoms with Crippen LogP contribution in [0.2, 0.25) is 0 Å². The summed E-state index contributed by atoms with van der Waals surface area (Å²) < 4.78 is 11.2. The van der Waals surface area contributed by atoms with E-state index in [2.05, 4.69) is 23.7 Å². The summed E-state index contributed by atoms with van der Waals surface area (Å²) in [6, 6.07) is 0. The Morgan fingerprint density at radius 3 is 3.19 bits per heavy atom. The Labute approximate surface area is 96.3 Å². The molecular weight excluding hydrogens is 200 g/mol. The normalized spacial score (nSPS) is 28.4. The van der Waals surface area contributed by atoms with Crippen molar-refractivity contribution in [2.24, 2.45) is 0 Å². The van der Waals surface area contributed by atoms with Crippen LogP contribution in [-0.2, 0) is 9.47 Å². The number of rotatable bonds is 0. The van der Waals surface area contributed by atoms with Gasteiger partial charge >= 0.3 is 0 Å². The van der Waals surface area contributed by atoms with Crippen LogP contribution in [0.4, 0.5) is 0 Å². The van der Waals surface area contributed by atoms with E-state index in [1.54, 1.807) is 6.08 Å². The van der Waals surface area contributed by atoms with Gasteiger partial charge in [0, 0.05) is 18.9 Å². The van der Waals surface area contributed by atoms with Gasteiger partial charge < -0.3 is 9.47 Å². The second-order valence-corrected chi connectivity index (χ2v) is 3.67. The number of hydrogen-bond acceptors (Lipinski definition) is 2. The molecule has 2 heterocycles. The Morgan fingerprint density at radius 1 is 1.50 bits per heavy atom. The maximum Gasteiger partial charge on any atom is 0.230 e. The van der Waals surface area contributed by atoms with Crippen molar-refractivity contribution in [2.45, 2.75) is 32.0 Å². The zero-order chi connectivity index (χ0) is 11.3. The Kier molecular flexibility index (Phi) is 3.34. The second-order valence-electron chi connectivity index (χ2n) is 3.67. The van der Waals surface area contributed by atoms with E-state index in [4.69, 9.17) is 9.47 Å². The molecule has 0 radical (unpaired) electrons. The van der Waals surface area contributed by atoms with E-state index >= 15 is 0 Å². The van der Waals surface area contributed by atoms with Crippen molar-refractivity contribution >= 4 is 0 Å². The zero-order valence-electron chi connectivity index (χ0n) is 9.38. The smallest absolute Gasteiger partial charge is 0.230 e. The molecule has 2 rings (SSSR count). The quantitative estimate of drug-likeness (QED) is 0.576. The number of hydrogen-bond donors (Lipinski definition) is 0. The average molecular weight is 214 g/mol. The second kappa shape index (κ2) is 4.92. The van der Waals surface area contributed by atoms with E-state index in [0.717, 1.165) is 31.6 Å². The van der Waals surface area contributed by atoms with E-state index in [0.29, 0.717) is 0 Å². The first kappa shape index (κ1) is 10.9. The molecule has 0 N–H and O–H groups in total. The highest BCUT2D eigenvalue weighted by atomic mass is 16.7. The summed E-state index contributed by atoms with van der Waals surface area (Å²) in [5.41, 5.74) is 0. The van der Waals surface area contributed by atoms with Gasteiger partial charge in [0.15, 0.2) is 0 Å². The predicted octanol–water partition coefficient (Wildman–Crippen LogP) is 2.38. The molecule has 2 heteroatoms. The van der Waals surface area contributed by atoms with Crippen LogP contribution in [0, 0.1) is 23.7 Å². The van der Waals surface area contributed by atoms with Crippen molar-refractivity contribution in [3.63, 3.8) is 0 Å². The van der Waals surface area contributed by atoms with Gasteiger partial charge in [-0.05, 0) is 30.4 Å². The molecule has 0 saturated carbocycles. The molecule has 0 aliphatic carbocycles. The minimum Gasteiger partial charge on any atom is -0.458 e.